The topological polar surface area (TPSA) is 68.6 Å². The molecule has 0 heterocycles. The van der Waals surface area contributed by atoms with Crippen LogP contribution in [0.2, 0.25) is 0 Å². The first-order valence-electron chi connectivity index (χ1n) is 8.62. The van der Waals surface area contributed by atoms with Crippen LogP contribution in [0.3, 0.4) is 0 Å². The van der Waals surface area contributed by atoms with E-state index in [1.165, 1.54) is 12.8 Å². The van der Waals surface area contributed by atoms with Crippen molar-refractivity contribution in [3.63, 3.8) is 0 Å². The zero-order valence-corrected chi connectivity index (χ0v) is 15.8. The highest BCUT2D eigenvalue weighted by atomic mass is 31.2. The van der Waals surface area contributed by atoms with E-state index in [0.717, 1.165) is 18.4 Å². The molecule has 0 atom stereocenters. The summed E-state index contributed by atoms with van der Waals surface area (Å²) < 4.78 is 28.9. The van der Waals surface area contributed by atoms with Gasteiger partial charge in [0.25, 0.3) is 0 Å². The summed E-state index contributed by atoms with van der Waals surface area (Å²) in [4.78, 5) is 0. The van der Waals surface area contributed by atoms with Gasteiger partial charge in [-0.1, -0.05) is 32.3 Å². The van der Waals surface area contributed by atoms with Crippen LogP contribution in [0, 0.1) is 11.3 Å². The average Bonchev–Trinajstić information content (AvgIpc) is 2.56. The van der Waals surface area contributed by atoms with Crippen molar-refractivity contribution in [2.24, 2.45) is 0 Å². The van der Waals surface area contributed by atoms with Crippen molar-refractivity contribution in [1.29, 1.82) is 5.26 Å². The van der Waals surface area contributed by atoms with Crippen LogP contribution in [-0.2, 0) is 19.8 Å². The third-order valence-electron chi connectivity index (χ3n) is 3.45. The Kier molecular flexibility index (Phi) is 9.71. The molecule has 0 unspecified atom stereocenters. The fourth-order valence-electron chi connectivity index (χ4n) is 2.35. The Balaban J connectivity index is 2.75. The van der Waals surface area contributed by atoms with Crippen LogP contribution < -0.4 is 4.74 Å². The molecule has 1 rings (SSSR count). The number of hydrogen-bond donors (Lipinski definition) is 0. The van der Waals surface area contributed by atoms with Crippen molar-refractivity contribution in [3.8, 4) is 11.8 Å². The first kappa shape index (κ1) is 20.7. The minimum Gasteiger partial charge on any atom is -0.492 e. The summed E-state index contributed by atoms with van der Waals surface area (Å²) in [7, 11) is -3.17. The lowest BCUT2D eigenvalue weighted by molar-refractivity contribution is 0.219. The molecule has 0 N–H and O–H groups in total. The monoisotopic (exact) mass is 353 g/mol. The summed E-state index contributed by atoms with van der Waals surface area (Å²) in [5.74, 6) is 0.570. The van der Waals surface area contributed by atoms with Gasteiger partial charge < -0.3 is 13.8 Å². The molecular formula is C18H28NO4P. The molecule has 0 aromatic heterocycles. The number of rotatable bonds is 12. The van der Waals surface area contributed by atoms with Crippen LogP contribution in [-0.4, -0.2) is 19.8 Å². The summed E-state index contributed by atoms with van der Waals surface area (Å²) in [5, 5.41) is 9.33. The predicted octanol–water partition coefficient (Wildman–Crippen LogP) is 5.28. The van der Waals surface area contributed by atoms with E-state index in [1.807, 2.05) is 6.07 Å². The van der Waals surface area contributed by atoms with Crippen molar-refractivity contribution in [2.45, 2.75) is 52.6 Å². The molecule has 0 fully saturated rings. The fraction of sp³-hybridized carbons (Fsp3) is 0.611. The highest BCUT2D eigenvalue weighted by Gasteiger charge is 2.24. The molecule has 6 heteroatoms. The van der Waals surface area contributed by atoms with Gasteiger partial charge in [0.1, 0.15) is 11.8 Å². The number of hydrogen-bond acceptors (Lipinski definition) is 5. The molecule has 5 nitrogen and oxygen atoms in total. The molecule has 0 aliphatic carbocycles. The van der Waals surface area contributed by atoms with Crippen LogP contribution in [0.5, 0.6) is 5.75 Å². The Morgan fingerprint density at radius 3 is 2.38 bits per heavy atom. The zero-order chi connectivity index (χ0) is 17.8. The van der Waals surface area contributed by atoms with Crippen LogP contribution >= 0.6 is 7.60 Å². The molecule has 0 radical (unpaired) electrons. The van der Waals surface area contributed by atoms with Gasteiger partial charge in [-0.15, -0.1) is 0 Å². The van der Waals surface area contributed by atoms with Gasteiger partial charge >= 0.3 is 7.60 Å². The van der Waals surface area contributed by atoms with Gasteiger partial charge in [0, 0.05) is 0 Å². The second kappa shape index (κ2) is 11.3. The van der Waals surface area contributed by atoms with E-state index in [9.17, 15) is 9.83 Å². The van der Waals surface area contributed by atoms with E-state index in [-0.39, 0.29) is 6.16 Å². The zero-order valence-electron chi connectivity index (χ0n) is 14.9. The van der Waals surface area contributed by atoms with Gasteiger partial charge in [-0.3, -0.25) is 4.57 Å². The van der Waals surface area contributed by atoms with Crippen molar-refractivity contribution in [2.75, 3.05) is 19.8 Å². The first-order chi connectivity index (χ1) is 11.6. The number of benzene rings is 1. The maximum Gasteiger partial charge on any atom is 0.335 e. The standard InChI is InChI=1S/C18H28NO4P/c1-4-7-8-9-12-21-18-11-10-16(13-17(18)14-19)15-24(20,22-5-2)23-6-3/h10-11,13H,4-9,12,15H2,1-3H3. The van der Waals surface area contributed by atoms with E-state index in [0.29, 0.717) is 31.1 Å². The lowest BCUT2D eigenvalue weighted by atomic mass is 10.1. The van der Waals surface area contributed by atoms with Crippen LogP contribution in [0.1, 0.15) is 57.6 Å². The molecule has 0 amide bonds. The number of ether oxygens (including phenoxy) is 1. The fourth-order valence-corrected chi connectivity index (χ4v) is 4.03. The maximum absolute atomic E-state index is 12.6. The van der Waals surface area contributed by atoms with Crippen LogP contribution in [0.15, 0.2) is 18.2 Å². The summed E-state index contributed by atoms with van der Waals surface area (Å²) >= 11 is 0. The van der Waals surface area contributed by atoms with Crippen molar-refractivity contribution in [3.05, 3.63) is 29.3 Å². The quantitative estimate of drug-likeness (QED) is 0.377. The molecule has 1 aromatic rings. The van der Waals surface area contributed by atoms with Crippen LogP contribution in [0.25, 0.3) is 0 Å². The van der Waals surface area contributed by atoms with Crippen molar-refractivity contribution >= 4 is 7.60 Å². The van der Waals surface area contributed by atoms with Gasteiger partial charge in [-0.25, -0.2) is 0 Å². The first-order valence-corrected chi connectivity index (χ1v) is 10.3. The Hall–Kier alpha value is -1.34. The summed E-state index contributed by atoms with van der Waals surface area (Å²) in [5.41, 5.74) is 1.19. The van der Waals surface area contributed by atoms with Gasteiger partial charge in [0.2, 0.25) is 0 Å². The molecule has 0 aliphatic rings. The largest absolute Gasteiger partial charge is 0.492 e. The Bertz CT molecular complexity index is 573. The normalized spacial score (nSPS) is 11.2. The smallest absolute Gasteiger partial charge is 0.335 e. The molecule has 24 heavy (non-hydrogen) atoms. The van der Waals surface area contributed by atoms with E-state index >= 15 is 0 Å². The van der Waals surface area contributed by atoms with E-state index < -0.39 is 7.60 Å². The lowest BCUT2D eigenvalue weighted by Gasteiger charge is -2.17. The minimum atomic E-state index is -3.17. The summed E-state index contributed by atoms with van der Waals surface area (Å²) in [6.45, 7) is 6.97. The highest BCUT2D eigenvalue weighted by Crippen LogP contribution is 2.51. The van der Waals surface area contributed by atoms with Crippen LogP contribution in [0.4, 0.5) is 0 Å². The van der Waals surface area contributed by atoms with E-state index in [1.54, 1.807) is 26.0 Å². The Morgan fingerprint density at radius 2 is 1.79 bits per heavy atom. The molecule has 134 valence electrons. The minimum absolute atomic E-state index is 0.153. The number of unbranched alkanes of at least 4 members (excludes halogenated alkanes) is 3. The van der Waals surface area contributed by atoms with E-state index in [2.05, 4.69) is 13.0 Å². The SMILES string of the molecule is CCCCCCOc1ccc(CP(=O)(OCC)OCC)cc1C#N. The molecule has 0 spiro atoms. The third-order valence-corrected chi connectivity index (χ3v) is 5.50. The number of nitrogens with zero attached hydrogens (tertiary/aromatic N) is 1. The maximum atomic E-state index is 12.6. The molecule has 1 aromatic carbocycles. The lowest BCUT2D eigenvalue weighted by Crippen LogP contribution is -2.02. The molecular weight excluding hydrogens is 325 g/mol. The average molecular weight is 353 g/mol. The van der Waals surface area contributed by atoms with Gasteiger partial charge in [-0.2, -0.15) is 5.26 Å². The second-order valence-electron chi connectivity index (χ2n) is 5.46. The number of nitriles is 1. The molecule has 0 saturated carbocycles. The predicted molar refractivity (Wildman–Crippen MR) is 95.4 cm³/mol. The molecule has 0 aliphatic heterocycles. The van der Waals surface area contributed by atoms with Crippen molar-refractivity contribution < 1.29 is 18.3 Å². The second-order valence-corrected chi connectivity index (χ2v) is 7.51. The highest BCUT2D eigenvalue weighted by molar-refractivity contribution is 7.53. The van der Waals surface area contributed by atoms with Gasteiger partial charge in [0.05, 0.1) is 31.5 Å². The Labute approximate surface area is 145 Å². The van der Waals surface area contributed by atoms with Crippen molar-refractivity contribution in [1.82, 2.24) is 0 Å². The van der Waals surface area contributed by atoms with Gasteiger partial charge in [0.15, 0.2) is 0 Å². The molecule has 0 saturated heterocycles. The van der Waals surface area contributed by atoms with E-state index in [4.69, 9.17) is 13.8 Å². The molecule has 0 bridgehead atoms. The summed E-state index contributed by atoms with van der Waals surface area (Å²) in [6.07, 6.45) is 4.63. The third kappa shape index (κ3) is 7.05. The summed E-state index contributed by atoms with van der Waals surface area (Å²) in [6, 6.07) is 7.41. The van der Waals surface area contributed by atoms with Gasteiger partial charge in [-0.05, 0) is 38.0 Å². The Morgan fingerprint density at radius 1 is 1.08 bits per heavy atom.